The van der Waals surface area contributed by atoms with Crippen molar-refractivity contribution in [2.45, 2.75) is 77.8 Å². The molecule has 3 aromatic rings. The Morgan fingerprint density at radius 1 is 1.06 bits per heavy atom. The van der Waals surface area contributed by atoms with Crippen LogP contribution >= 0.6 is 0 Å². The van der Waals surface area contributed by atoms with Crippen molar-refractivity contribution in [3.05, 3.63) is 82.0 Å². The zero-order valence-corrected chi connectivity index (χ0v) is 20.4. The number of carbonyl (C=O) groups is 1. The first-order valence-corrected chi connectivity index (χ1v) is 12.7. The molecule has 0 radical (unpaired) electrons. The van der Waals surface area contributed by atoms with Gasteiger partial charge in [-0.25, -0.2) is 9.59 Å². The summed E-state index contributed by atoms with van der Waals surface area (Å²) < 4.78 is 3.85. The Bertz CT molecular complexity index is 1170. The smallest absolute Gasteiger partial charge is 0.336 e. The first-order valence-electron chi connectivity index (χ1n) is 12.7. The van der Waals surface area contributed by atoms with E-state index in [1.807, 2.05) is 45.5 Å². The van der Waals surface area contributed by atoms with Crippen LogP contribution in [0.15, 0.2) is 59.5 Å². The Balaban J connectivity index is 1.56. The van der Waals surface area contributed by atoms with E-state index in [4.69, 9.17) is 0 Å². The van der Waals surface area contributed by atoms with Gasteiger partial charge in [-0.3, -0.25) is 9.13 Å². The number of aromatic nitrogens is 2. The van der Waals surface area contributed by atoms with Gasteiger partial charge in [0.15, 0.2) is 0 Å². The molecule has 34 heavy (non-hydrogen) atoms. The van der Waals surface area contributed by atoms with Gasteiger partial charge in [0.1, 0.15) is 0 Å². The fraction of sp³-hybridized carbons (Fsp3) is 0.448. The summed E-state index contributed by atoms with van der Waals surface area (Å²) in [5.41, 5.74) is 4.06. The molecule has 0 saturated heterocycles. The van der Waals surface area contributed by atoms with Gasteiger partial charge in [-0.05, 0) is 47.4 Å². The second-order valence-corrected chi connectivity index (χ2v) is 9.77. The monoisotopic (exact) mass is 460 g/mol. The minimum Gasteiger partial charge on any atom is -0.478 e. The molecule has 4 rings (SSSR count). The fourth-order valence-corrected chi connectivity index (χ4v) is 5.16. The van der Waals surface area contributed by atoms with Crippen molar-refractivity contribution in [2.75, 3.05) is 0 Å². The summed E-state index contributed by atoms with van der Waals surface area (Å²) in [4.78, 5) is 24.9. The largest absolute Gasteiger partial charge is 0.478 e. The molecule has 5 nitrogen and oxygen atoms in total. The molecule has 1 atom stereocenters. The number of hydrogen-bond donors (Lipinski definition) is 1. The maximum atomic E-state index is 13.4. The average molecular weight is 461 g/mol. The standard InChI is InChI=1S/C29H36N2O3/c1-3-21(2)27-20-30(18-17-22-9-5-4-6-10-22)29(34)31(27)19-23-13-15-24(16-14-23)25-11-7-8-12-26(25)28(32)33/h7-8,11-16,20-22H,3-6,9-10,17-19H2,1-2H3,(H,32,33). The summed E-state index contributed by atoms with van der Waals surface area (Å²) in [5.74, 6) is 0.126. The molecule has 0 spiro atoms. The van der Waals surface area contributed by atoms with Crippen LogP contribution < -0.4 is 5.69 Å². The molecule has 1 heterocycles. The molecule has 5 heteroatoms. The minimum atomic E-state index is -0.931. The third-order valence-electron chi connectivity index (χ3n) is 7.46. The lowest BCUT2D eigenvalue weighted by molar-refractivity contribution is 0.0697. The molecule has 1 aromatic heterocycles. The number of hydrogen-bond acceptors (Lipinski definition) is 2. The molecule has 1 unspecified atom stereocenters. The summed E-state index contributed by atoms with van der Waals surface area (Å²) in [6, 6.07) is 14.9. The van der Waals surface area contributed by atoms with Gasteiger partial charge in [0.25, 0.3) is 0 Å². The molecule has 0 amide bonds. The van der Waals surface area contributed by atoms with Gasteiger partial charge in [0.2, 0.25) is 0 Å². The molecular formula is C29H36N2O3. The zero-order chi connectivity index (χ0) is 24.1. The average Bonchev–Trinajstić information content (AvgIpc) is 3.18. The number of carboxylic acid groups (broad SMARTS) is 1. The van der Waals surface area contributed by atoms with Crippen LogP contribution in [0.3, 0.4) is 0 Å². The van der Waals surface area contributed by atoms with Crippen molar-refractivity contribution in [2.24, 2.45) is 5.92 Å². The van der Waals surface area contributed by atoms with Gasteiger partial charge in [0.05, 0.1) is 12.1 Å². The van der Waals surface area contributed by atoms with E-state index in [1.165, 1.54) is 32.1 Å². The van der Waals surface area contributed by atoms with E-state index in [9.17, 15) is 14.7 Å². The Kier molecular flexibility index (Phi) is 7.71. The summed E-state index contributed by atoms with van der Waals surface area (Å²) in [7, 11) is 0. The highest BCUT2D eigenvalue weighted by atomic mass is 16.4. The minimum absolute atomic E-state index is 0.0754. The number of aryl methyl sites for hydroxylation is 1. The highest BCUT2D eigenvalue weighted by Crippen LogP contribution is 2.27. The normalized spacial score (nSPS) is 15.4. The van der Waals surface area contributed by atoms with Gasteiger partial charge in [-0.1, -0.05) is 88.4 Å². The molecular weight excluding hydrogens is 424 g/mol. The van der Waals surface area contributed by atoms with Gasteiger partial charge in [-0.15, -0.1) is 0 Å². The van der Waals surface area contributed by atoms with Crippen LogP contribution in [0.4, 0.5) is 0 Å². The maximum Gasteiger partial charge on any atom is 0.336 e. The topological polar surface area (TPSA) is 64.2 Å². The van der Waals surface area contributed by atoms with Gasteiger partial charge < -0.3 is 5.11 Å². The van der Waals surface area contributed by atoms with Crippen LogP contribution in [-0.2, 0) is 13.1 Å². The van der Waals surface area contributed by atoms with Crippen molar-refractivity contribution in [1.29, 1.82) is 0 Å². The summed E-state index contributed by atoms with van der Waals surface area (Å²) in [5, 5.41) is 9.50. The second kappa shape index (κ2) is 10.9. The fourth-order valence-electron chi connectivity index (χ4n) is 5.16. The molecule has 180 valence electrons. The molecule has 1 aliphatic rings. The van der Waals surface area contributed by atoms with Crippen LogP contribution in [0, 0.1) is 5.92 Å². The number of rotatable bonds is 9. The Labute approximate surface area is 202 Å². The quantitative estimate of drug-likeness (QED) is 0.394. The molecule has 1 fully saturated rings. The molecule has 2 aromatic carbocycles. The van der Waals surface area contributed by atoms with Gasteiger partial charge >= 0.3 is 11.7 Å². The van der Waals surface area contributed by atoms with Crippen molar-refractivity contribution >= 4 is 5.97 Å². The van der Waals surface area contributed by atoms with Crippen molar-refractivity contribution in [3.8, 4) is 11.1 Å². The Morgan fingerprint density at radius 2 is 1.76 bits per heavy atom. The van der Waals surface area contributed by atoms with E-state index in [0.717, 1.165) is 42.1 Å². The lowest BCUT2D eigenvalue weighted by atomic mass is 9.87. The van der Waals surface area contributed by atoms with Crippen LogP contribution in [0.25, 0.3) is 11.1 Å². The number of carboxylic acids is 1. The predicted molar refractivity (Wildman–Crippen MR) is 137 cm³/mol. The number of nitrogens with zero attached hydrogens (tertiary/aromatic N) is 2. The van der Waals surface area contributed by atoms with Gasteiger partial charge in [-0.2, -0.15) is 0 Å². The van der Waals surface area contributed by atoms with E-state index in [1.54, 1.807) is 12.1 Å². The number of benzene rings is 2. The van der Waals surface area contributed by atoms with Crippen LogP contribution in [0.1, 0.15) is 86.3 Å². The van der Waals surface area contributed by atoms with E-state index in [2.05, 4.69) is 20.0 Å². The van der Waals surface area contributed by atoms with Crippen LogP contribution in [0.2, 0.25) is 0 Å². The molecule has 1 saturated carbocycles. The highest BCUT2D eigenvalue weighted by Gasteiger charge is 2.19. The summed E-state index contributed by atoms with van der Waals surface area (Å²) >= 11 is 0. The lowest BCUT2D eigenvalue weighted by Crippen LogP contribution is -2.26. The first-order chi connectivity index (χ1) is 16.5. The second-order valence-electron chi connectivity index (χ2n) is 9.77. The highest BCUT2D eigenvalue weighted by molar-refractivity contribution is 5.95. The summed E-state index contributed by atoms with van der Waals surface area (Å²) in [6.07, 6.45) is 10.7. The molecule has 0 bridgehead atoms. The molecule has 1 aliphatic carbocycles. The first kappa shape index (κ1) is 24.1. The zero-order valence-electron chi connectivity index (χ0n) is 20.4. The van der Waals surface area contributed by atoms with Crippen LogP contribution in [0.5, 0.6) is 0 Å². The molecule has 0 aliphatic heterocycles. The third-order valence-corrected chi connectivity index (χ3v) is 7.46. The Morgan fingerprint density at radius 3 is 2.44 bits per heavy atom. The van der Waals surface area contributed by atoms with E-state index >= 15 is 0 Å². The van der Waals surface area contributed by atoms with E-state index < -0.39 is 5.97 Å². The van der Waals surface area contributed by atoms with Crippen molar-refractivity contribution < 1.29 is 9.90 Å². The third kappa shape index (κ3) is 5.35. The Hall–Kier alpha value is -3.08. The molecule has 1 N–H and O–H groups in total. The predicted octanol–water partition coefficient (Wildman–Crippen LogP) is 6.55. The maximum absolute atomic E-state index is 13.4. The number of imidazole rings is 1. The lowest BCUT2D eigenvalue weighted by Gasteiger charge is -2.21. The van der Waals surface area contributed by atoms with Crippen molar-refractivity contribution in [1.82, 2.24) is 9.13 Å². The van der Waals surface area contributed by atoms with E-state index in [-0.39, 0.29) is 5.69 Å². The van der Waals surface area contributed by atoms with E-state index in [0.29, 0.717) is 23.6 Å². The van der Waals surface area contributed by atoms with Crippen LogP contribution in [-0.4, -0.2) is 20.2 Å². The van der Waals surface area contributed by atoms with Crippen molar-refractivity contribution in [3.63, 3.8) is 0 Å². The number of aromatic carboxylic acids is 1. The summed E-state index contributed by atoms with van der Waals surface area (Å²) in [6.45, 7) is 5.66. The SMILES string of the molecule is CCC(C)c1cn(CCC2CCCCC2)c(=O)n1Cc1ccc(-c2ccccc2C(=O)O)cc1. The van der Waals surface area contributed by atoms with Gasteiger partial charge in [0, 0.05) is 18.4 Å².